The van der Waals surface area contributed by atoms with Crippen LogP contribution in [-0.4, -0.2) is 30.4 Å². The van der Waals surface area contributed by atoms with Crippen LogP contribution in [0, 0.1) is 11.3 Å². The van der Waals surface area contributed by atoms with Gasteiger partial charge in [-0.15, -0.1) is 0 Å². The van der Waals surface area contributed by atoms with Crippen LogP contribution in [0.3, 0.4) is 0 Å². The van der Waals surface area contributed by atoms with E-state index < -0.39 is 12.1 Å². The van der Waals surface area contributed by atoms with Crippen LogP contribution in [0.2, 0.25) is 0 Å². The average Bonchev–Trinajstić information content (AvgIpc) is 3.00. The van der Waals surface area contributed by atoms with Crippen LogP contribution in [0.15, 0.2) is 106 Å². The van der Waals surface area contributed by atoms with Crippen LogP contribution in [0.5, 0.6) is 0 Å². The van der Waals surface area contributed by atoms with Crippen molar-refractivity contribution < 1.29 is 23.9 Å². The number of esters is 2. The second kappa shape index (κ2) is 19.7. The molecule has 0 bridgehead atoms. The van der Waals surface area contributed by atoms with E-state index in [4.69, 9.17) is 9.47 Å². The van der Waals surface area contributed by atoms with Gasteiger partial charge < -0.3 is 9.47 Å². The Morgan fingerprint density at radius 2 is 1.30 bits per heavy atom. The predicted octanol–water partition coefficient (Wildman–Crippen LogP) is 10.1. The molecule has 1 fully saturated rings. The van der Waals surface area contributed by atoms with Crippen LogP contribution in [0.25, 0.3) is 0 Å². The molecule has 1 saturated carbocycles. The van der Waals surface area contributed by atoms with Crippen molar-refractivity contribution in [3.8, 4) is 0 Å². The van der Waals surface area contributed by atoms with E-state index in [1.165, 1.54) is 30.4 Å². The quantitative estimate of drug-likeness (QED) is 0.141. The molecule has 0 aromatic heterocycles. The van der Waals surface area contributed by atoms with Crippen molar-refractivity contribution >= 4 is 17.7 Å². The highest BCUT2D eigenvalue weighted by atomic mass is 16.5. The van der Waals surface area contributed by atoms with Crippen LogP contribution >= 0.6 is 0 Å². The van der Waals surface area contributed by atoms with Crippen molar-refractivity contribution in [3.05, 3.63) is 106 Å². The zero-order valence-corrected chi connectivity index (χ0v) is 29.5. The van der Waals surface area contributed by atoms with Gasteiger partial charge in [-0.3, -0.25) is 14.4 Å². The first-order valence-electron chi connectivity index (χ1n) is 16.8. The summed E-state index contributed by atoms with van der Waals surface area (Å²) in [7, 11) is 0. The van der Waals surface area contributed by atoms with Crippen molar-refractivity contribution in [2.75, 3.05) is 6.61 Å². The van der Waals surface area contributed by atoms with E-state index in [2.05, 4.69) is 78.0 Å². The number of carbonyl (C=O) groups is 3. The standard InChI is InChI=1S/C41H56O5/c1-30(2)16-14-19-31(3)17-12-13-18-32(4)20-15-21-33(5)24-25-36-34(6)40(44)37(28-41(36,7)8)46-39(43)27-26-38(42)45-29-35-22-10-9-11-23-35/h12-21,24-25,35,37H,9-11,22-23,26-29H2,1-8H3. The molecule has 0 radical (unpaired) electrons. The van der Waals surface area contributed by atoms with Gasteiger partial charge in [0.25, 0.3) is 0 Å². The topological polar surface area (TPSA) is 69.7 Å². The summed E-state index contributed by atoms with van der Waals surface area (Å²) in [5.74, 6) is -0.682. The molecule has 0 aromatic rings. The summed E-state index contributed by atoms with van der Waals surface area (Å²) in [5, 5.41) is 0. The molecule has 0 N–H and O–H groups in total. The summed E-state index contributed by atoms with van der Waals surface area (Å²) in [5.41, 5.74) is 5.81. The first kappa shape index (κ1) is 38.5. The van der Waals surface area contributed by atoms with E-state index in [-0.39, 0.29) is 30.0 Å². The minimum absolute atomic E-state index is 0.0310. The normalized spacial score (nSPS) is 20.4. The van der Waals surface area contributed by atoms with Gasteiger partial charge in [0.1, 0.15) is 0 Å². The lowest BCUT2D eigenvalue weighted by Crippen LogP contribution is -2.39. The summed E-state index contributed by atoms with van der Waals surface area (Å²) in [6.07, 6.45) is 29.8. The van der Waals surface area contributed by atoms with E-state index in [1.54, 1.807) is 6.92 Å². The molecule has 2 rings (SSSR count). The van der Waals surface area contributed by atoms with Crippen molar-refractivity contribution in [2.24, 2.45) is 11.3 Å². The van der Waals surface area contributed by atoms with Gasteiger partial charge >= 0.3 is 11.9 Å². The molecule has 0 aromatic carbocycles. The smallest absolute Gasteiger partial charge is 0.307 e. The molecular weight excluding hydrogens is 572 g/mol. The Morgan fingerprint density at radius 3 is 1.91 bits per heavy atom. The number of ketones is 1. The fraction of sp³-hybridized carbons (Fsp3) is 0.488. The molecule has 46 heavy (non-hydrogen) atoms. The third-order valence-electron chi connectivity index (χ3n) is 8.35. The summed E-state index contributed by atoms with van der Waals surface area (Å²) in [4.78, 5) is 37.9. The number of hydrogen-bond acceptors (Lipinski definition) is 5. The summed E-state index contributed by atoms with van der Waals surface area (Å²) in [6.45, 7) is 16.7. The van der Waals surface area contributed by atoms with Gasteiger partial charge in [0.05, 0.1) is 19.4 Å². The molecule has 0 heterocycles. The SMILES string of the molecule is CC(C)=CC=CC(C)=CC=CC=C(C)C=CC=C(C)C=CC1=C(C)C(=O)C(OC(=O)CCC(=O)OCC2CCCCC2)CC1(C)C. The first-order valence-corrected chi connectivity index (χ1v) is 16.8. The van der Waals surface area contributed by atoms with Crippen molar-refractivity contribution in [2.45, 2.75) is 113 Å². The number of rotatable bonds is 14. The molecule has 0 saturated heterocycles. The van der Waals surface area contributed by atoms with Crippen molar-refractivity contribution in [1.29, 1.82) is 0 Å². The highest BCUT2D eigenvalue weighted by molar-refractivity contribution is 6.01. The van der Waals surface area contributed by atoms with Crippen molar-refractivity contribution in [1.82, 2.24) is 0 Å². The molecule has 5 nitrogen and oxygen atoms in total. The number of carbonyl (C=O) groups excluding carboxylic acids is 3. The molecule has 5 heteroatoms. The van der Waals surface area contributed by atoms with Crippen LogP contribution in [0.1, 0.15) is 107 Å². The second-order valence-electron chi connectivity index (χ2n) is 13.6. The van der Waals surface area contributed by atoms with Gasteiger partial charge in [0.15, 0.2) is 11.9 Å². The Morgan fingerprint density at radius 1 is 0.761 bits per heavy atom. The molecule has 0 spiro atoms. The fourth-order valence-corrected chi connectivity index (χ4v) is 5.59. The van der Waals surface area contributed by atoms with Gasteiger partial charge in [-0.25, -0.2) is 0 Å². The Hall–Kier alpha value is -3.73. The average molecular weight is 629 g/mol. The van der Waals surface area contributed by atoms with Crippen LogP contribution < -0.4 is 0 Å². The molecule has 1 atom stereocenters. The van der Waals surface area contributed by atoms with Gasteiger partial charge in [-0.05, 0) is 76.9 Å². The van der Waals surface area contributed by atoms with E-state index in [1.807, 2.05) is 43.4 Å². The molecular formula is C41H56O5. The Kier molecular flexibility index (Phi) is 16.5. The van der Waals surface area contributed by atoms with E-state index in [0.717, 1.165) is 29.6 Å². The fourth-order valence-electron chi connectivity index (χ4n) is 5.59. The maximum atomic E-state index is 13.2. The van der Waals surface area contributed by atoms with Crippen LogP contribution in [-0.2, 0) is 23.9 Å². The minimum Gasteiger partial charge on any atom is -0.465 e. The third-order valence-corrected chi connectivity index (χ3v) is 8.35. The van der Waals surface area contributed by atoms with E-state index in [9.17, 15) is 14.4 Å². The largest absolute Gasteiger partial charge is 0.465 e. The summed E-state index contributed by atoms with van der Waals surface area (Å²) in [6, 6.07) is 0. The van der Waals surface area contributed by atoms with Gasteiger partial charge in [0, 0.05) is 6.42 Å². The number of allylic oxidation sites excluding steroid dienone is 17. The molecule has 0 aliphatic heterocycles. The third kappa shape index (κ3) is 14.6. The lowest BCUT2D eigenvalue weighted by Gasteiger charge is -2.36. The minimum atomic E-state index is -0.848. The Bertz CT molecular complexity index is 1340. The zero-order chi connectivity index (χ0) is 34.1. The highest BCUT2D eigenvalue weighted by Gasteiger charge is 2.39. The summed E-state index contributed by atoms with van der Waals surface area (Å²) >= 11 is 0. The highest BCUT2D eigenvalue weighted by Crippen LogP contribution is 2.41. The second-order valence-corrected chi connectivity index (χ2v) is 13.6. The number of ether oxygens (including phenoxy) is 2. The van der Waals surface area contributed by atoms with Crippen molar-refractivity contribution in [3.63, 3.8) is 0 Å². The monoisotopic (exact) mass is 628 g/mol. The first-order chi connectivity index (χ1) is 21.8. The lowest BCUT2D eigenvalue weighted by molar-refractivity contribution is -0.158. The lowest BCUT2D eigenvalue weighted by atomic mass is 9.71. The molecule has 2 aliphatic carbocycles. The zero-order valence-electron chi connectivity index (χ0n) is 29.5. The molecule has 250 valence electrons. The maximum absolute atomic E-state index is 13.2. The Balaban J connectivity index is 1.91. The molecule has 1 unspecified atom stereocenters. The molecule has 0 amide bonds. The van der Waals surface area contributed by atoms with E-state index >= 15 is 0 Å². The van der Waals surface area contributed by atoms with E-state index in [0.29, 0.717) is 24.5 Å². The number of hydrogen-bond donors (Lipinski definition) is 0. The Labute approximate surface area is 278 Å². The van der Waals surface area contributed by atoms with Gasteiger partial charge in [-0.1, -0.05) is 128 Å². The summed E-state index contributed by atoms with van der Waals surface area (Å²) < 4.78 is 11.0. The van der Waals surface area contributed by atoms with Gasteiger partial charge in [-0.2, -0.15) is 0 Å². The van der Waals surface area contributed by atoms with Crippen LogP contribution in [0.4, 0.5) is 0 Å². The number of Topliss-reactive ketones (excluding diaryl/α,β-unsaturated/α-hetero) is 1. The predicted molar refractivity (Wildman–Crippen MR) is 190 cm³/mol. The molecule has 2 aliphatic rings. The maximum Gasteiger partial charge on any atom is 0.307 e. The van der Waals surface area contributed by atoms with Gasteiger partial charge in [0.2, 0.25) is 0 Å².